The topological polar surface area (TPSA) is 9.23 Å². The lowest BCUT2D eigenvalue weighted by Crippen LogP contribution is -2.36. The van der Waals surface area contributed by atoms with Crippen molar-refractivity contribution in [1.82, 2.24) is 0 Å². The maximum absolute atomic E-state index is 6.92. The SMILES string of the molecule is CC(CC(OCC(C)(CC[Si](C)(C)C)C1CCCCC1)c1ccccc1)c1ccccc1. The van der Waals surface area contributed by atoms with Gasteiger partial charge in [0, 0.05) is 8.07 Å². The Morgan fingerprint density at radius 3 is 2.00 bits per heavy atom. The van der Waals surface area contributed by atoms with Gasteiger partial charge in [0.15, 0.2) is 0 Å². The van der Waals surface area contributed by atoms with E-state index in [0.29, 0.717) is 11.3 Å². The molecule has 1 aliphatic rings. The number of rotatable bonds is 11. The minimum atomic E-state index is -1.08. The third-order valence-electron chi connectivity index (χ3n) is 7.76. The molecule has 2 aromatic carbocycles. The summed E-state index contributed by atoms with van der Waals surface area (Å²) < 4.78 is 6.92. The largest absolute Gasteiger partial charge is 0.373 e. The summed E-state index contributed by atoms with van der Waals surface area (Å²) in [7, 11) is -1.08. The first kappa shape index (κ1) is 25.2. The maximum Gasteiger partial charge on any atom is 0.0830 e. The Labute approximate surface area is 199 Å². The van der Waals surface area contributed by atoms with E-state index in [-0.39, 0.29) is 6.10 Å². The summed E-state index contributed by atoms with van der Waals surface area (Å²) in [4.78, 5) is 0. The summed E-state index contributed by atoms with van der Waals surface area (Å²) in [6, 6.07) is 23.3. The summed E-state index contributed by atoms with van der Waals surface area (Å²) in [5.41, 5.74) is 3.03. The molecule has 1 nitrogen and oxygen atoms in total. The Morgan fingerprint density at radius 1 is 0.875 bits per heavy atom. The Kier molecular flexibility index (Phi) is 9.19. The quantitative estimate of drug-likeness (QED) is 0.310. The molecule has 3 rings (SSSR count). The molecule has 0 spiro atoms. The Balaban J connectivity index is 1.76. The zero-order valence-corrected chi connectivity index (χ0v) is 22.3. The molecule has 0 N–H and O–H groups in total. The molecule has 0 saturated heterocycles. The van der Waals surface area contributed by atoms with E-state index in [1.165, 1.54) is 55.7 Å². The van der Waals surface area contributed by atoms with Crippen LogP contribution < -0.4 is 0 Å². The van der Waals surface area contributed by atoms with E-state index in [1.807, 2.05) is 0 Å². The van der Waals surface area contributed by atoms with Crippen LogP contribution in [0, 0.1) is 11.3 Å². The molecule has 2 heteroatoms. The average Bonchev–Trinajstić information content (AvgIpc) is 2.81. The van der Waals surface area contributed by atoms with E-state index >= 15 is 0 Å². The first-order valence-electron chi connectivity index (χ1n) is 13.0. The molecule has 3 atom stereocenters. The molecule has 0 amide bonds. The molecule has 1 aliphatic carbocycles. The standard InChI is InChI=1S/C30H46OSi/c1-25(26-15-9-6-10-16-26)23-29(27-17-11-7-12-18-27)31-24-30(2,21-22-32(3,4)5)28-19-13-8-14-20-28/h6-7,9-12,15-18,25,28-29H,8,13-14,19-24H2,1-5H3. The fourth-order valence-electron chi connectivity index (χ4n) is 5.35. The van der Waals surface area contributed by atoms with E-state index in [4.69, 9.17) is 4.74 Å². The van der Waals surface area contributed by atoms with Crippen molar-refractivity contribution < 1.29 is 4.74 Å². The summed E-state index contributed by atoms with van der Waals surface area (Å²) in [6.45, 7) is 13.3. The molecule has 1 fully saturated rings. The van der Waals surface area contributed by atoms with Gasteiger partial charge in [-0.2, -0.15) is 0 Å². The van der Waals surface area contributed by atoms with Crippen molar-refractivity contribution >= 4 is 8.07 Å². The highest BCUT2D eigenvalue weighted by atomic mass is 28.3. The van der Waals surface area contributed by atoms with Crippen LogP contribution in [0.1, 0.15) is 81.9 Å². The van der Waals surface area contributed by atoms with Gasteiger partial charge in [0.25, 0.3) is 0 Å². The highest BCUT2D eigenvalue weighted by Gasteiger charge is 2.37. The third kappa shape index (κ3) is 7.59. The molecular weight excluding hydrogens is 404 g/mol. The fourth-order valence-corrected chi connectivity index (χ4v) is 6.67. The van der Waals surface area contributed by atoms with Gasteiger partial charge in [0.05, 0.1) is 12.7 Å². The first-order chi connectivity index (χ1) is 15.3. The Morgan fingerprint density at radius 2 is 1.44 bits per heavy atom. The van der Waals surface area contributed by atoms with Gasteiger partial charge in [0.1, 0.15) is 0 Å². The molecular formula is C30H46OSi. The van der Waals surface area contributed by atoms with Crippen molar-refractivity contribution in [1.29, 1.82) is 0 Å². The lowest BCUT2D eigenvalue weighted by atomic mass is 9.69. The molecule has 2 aromatic rings. The average molecular weight is 451 g/mol. The first-order valence-corrected chi connectivity index (χ1v) is 16.7. The van der Waals surface area contributed by atoms with E-state index in [9.17, 15) is 0 Å². The summed E-state index contributed by atoms with van der Waals surface area (Å²) in [5.74, 6) is 1.29. The van der Waals surface area contributed by atoms with Crippen molar-refractivity contribution in [2.45, 2.75) is 96.5 Å². The van der Waals surface area contributed by atoms with Crippen molar-refractivity contribution in [2.75, 3.05) is 6.61 Å². The van der Waals surface area contributed by atoms with Gasteiger partial charge in [0.2, 0.25) is 0 Å². The smallest absolute Gasteiger partial charge is 0.0830 e. The van der Waals surface area contributed by atoms with Gasteiger partial charge in [-0.3, -0.25) is 0 Å². The molecule has 1 saturated carbocycles. The fraction of sp³-hybridized carbons (Fsp3) is 0.600. The second kappa shape index (κ2) is 11.7. The van der Waals surface area contributed by atoms with Crippen LogP contribution >= 0.6 is 0 Å². The van der Waals surface area contributed by atoms with E-state index in [2.05, 4.69) is 94.2 Å². The molecule has 0 radical (unpaired) electrons. The minimum Gasteiger partial charge on any atom is -0.373 e. The number of hydrogen-bond acceptors (Lipinski definition) is 1. The summed E-state index contributed by atoms with van der Waals surface area (Å²) >= 11 is 0. The van der Waals surface area contributed by atoms with Gasteiger partial charge >= 0.3 is 0 Å². The van der Waals surface area contributed by atoms with Crippen LogP contribution in [0.3, 0.4) is 0 Å². The molecule has 0 aromatic heterocycles. The van der Waals surface area contributed by atoms with E-state index in [1.54, 1.807) is 0 Å². The maximum atomic E-state index is 6.92. The minimum absolute atomic E-state index is 0.154. The van der Waals surface area contributed by atoms with Crippen LogP contribution in [0.2, 0.25) is 25.7 Å². The van der Waals surface area contributed by atoms with Crippen LogP contribution in [0.15, 0.2) is 60.7 Å². The third-order valence-corrected chi connectivity index (χ3v) is 9.51. The summed E-state index contributed by atoms with van der Waals surface area (Å²) in [6.07, 6.45) is 9.51. The van der Waals surface area contributed by atoms with Gasteiger partial charge in [-0.05, 0) is 54.1 Å². The predicted molar refractivity (Wildman–Crippen MR) is 142 cm³/mol. The molecule has 3 unspecified atom stereocenters. The Hall–Kier alpha value is -1.38. The van der Waals surface area contributed by atoms with E-state index in [0.717, 1.165) is 18.9 Å². The van der Waals surface area contributed by atoms with Crippen molar-refractivity contribution in [2.24, 2.45) is 11.3 Å². The normalized spacial score (nSPS) is 19.3. The lowest BCUT2D eigenvalue weighted by Gasteiger charge is -2.42. The van der Waals surface area contributed by atoms with E-state index < -0.39 is 8.07 Å². The summed E-state index contributed by atoms with van der Waals surface area (Å²) in [5, 5.41) is 0. The van der Waals surface area contributed by atoms with Gasteiger partial charge in [-0.15, -0.1) is 0 Å². The van der Waals surface area contributed by atoms with Crippen molar-refractivity contribution in [3.05, 3.63) is 71.8 Å². The van der Waals surface area contributed by atoms with Gasteiger partial charge in [-0.25, -0.2) is 0 Å². The lowest BCUT2D eigenvalue weighted by molar-refractivity contribution is -0.0431. The zero-order valence-electron chi connectivity index (χ0n) is 21.3. The molecule has 0 aliphatic heterocycles. The number of benzene rings is 2. The van der Waals surface area contributed by atoms with Gasteiger partial charge in [-0.1, -0.05) is 119 Å². The van der Waals surface area contributed by atoms with Crippen LogP contribution in [0.25, 0.3) is 0 Å². The molecule has 32 heavy (non-hydrogen) atoms. The second-order valence-electron chi connectivity index (χ2n) is 11.8. The molecule has 0 heterocycles. The predicted octanol–water partition coefficient (Wildman–Crippen LogP) is 9.25. The highest BCUT2D eigenvalue weighted by Crippen LogP contribution is 2.44. The van der Waals surface area contributed by atoms with Crippen LogP contribution in [-0.4, -0.2) is 14.7 Å². The molecule has 0 bridgehead atoms. The highest BCUT2D eigenvalue weighted by molar-refractivity contribution is 6.76. The van der Waals surface area contributed by atoms with Crippen LogP contribution in [0.4, 0.5) is 0 Å². The number of hydrogen-bond donors (Lipinski definition) is 0. The number of ether oxygens (including phenoxy) is 1. The second-order valence-corrected chi connectivity index (χ2v) is 17.4. The van der Waals surface area contributed by atoms with Crippen LogP contribution in [-0.2, 0) is 4.74 Å². The van der Waals surface area contributed by atoms with Gasteiger partial charge < -0.3 is 4.74 Å². The van der Waals surface area contributed by atoms with Crippen LogP contribution in [0.5, 0.6) is 0 Å². The Bertz CT molecular complexity index is 775. The zero-order chi connectivity index (χ0) is 23.0. The van der Waals surface area contributed by atoms with Crippen molar-refractivity contribution in [3.63, 3.8) is 0 Å². The molecule has 176 valence electrons. The monoisotopic (exact) mass is 450 g/mol. The van der Waals surface area contributed by atoms with Crippen molar-refractivity contribution in [3.8, 4) is 0 Å².